The zero-order valence-corrected chi connectivity index (χ0v) is 18.5. The van der Waals surface area contributed by atoms with Crippen LogP contribution in [0.5, 0.6) is 0 Å². The zero-order chi connectivity index (χ0) is 22.7. The summed E-state index contributed by atoms with van der Waals surface area (Å²) in [5, 5.41) is 3.47. The number of anilines is 1. The fourth-order valence-corrected chi connectivity index (χ4v) is 4.37. The van der Waals surface area contributed by atoms with E-state index in [0.717, 1.165) is 23.7 Å². The molecule has 0 unspecified atom stereocenters. The van der Waals surface area contributed by atoms with Crippen LogP contribution in [0.15, 0.2) is 54.6 Å². The summed E-state index contributed by atoms with van der Waals surface area (Å²) in [6, 6.07) is 16.6. The SMILES string of the molecule is CN(CC(=O)NN1C(=O)N[C@](C)(c2ccccc2)C1=O)Cc1ccccc1N1CCCC1. The van der Waals surface area contributed by atoms with Gasteiger partial charge in [0.15, 0.2) is 0 Å². The predicted molar refractivity (Wildman–Crippen MR) is 122 cm³/mol. The fourth-order valence-electron chi connectivity index (χ4n) is 4.37. The number of hydrogen-bond acceptors (Lipinski definition) is 5. The van der Waals surface area contributed by atoms with E-state index in [2.05, 4.69) is 27.8 Å². The number of imide groups is 1. The molecule has 0 bridgehead atoms. The molecule has 0 saturated carbocycles. The van der Waals surface area contributed by atoms with Gasteiger partial charge in [0, 0.05) is 25.3 Å². The van der Waals surface area contributed by atoms with Crippen LogP contribution >= 0.6 is 0 Å². The molecule has 4 rings (SSSR count). The average Bonchev–Trinajstić information content (AvgIpc) is 3.38. The highest BCUT2D eigenvalue weighted by atomic mass is 16.2. The van der Waals surface area contributed by atoms with Gasteiger partial charge in [0.1, 0.15) is 5.54 Å². The molecule has 0 aromatic heterocycles. The van der Waals surface area contributed by atoms with Crippen molar-refractivity contribution < 1.29 is 14.4 Å². The van der Waals surface area contributed by atoms with Gasteiger partial charge in [-0.1, -0.05) is 48.5 Å². The van der Waals surface area contributed by atoms with Crippen molar-refractivity contribution in [1.29, 1.82) is 0 Å². The molecule has 32 heavy (non-hydrogen) atoms. The summed E-state index contributed by atoms with van der Waals surface area (Å²) in [5.41, 5.74) is 4.26. The third-order valence-corrected chi connectivity index (χ3v) is 6.07. The lowest BCUT2D eigenvalue weighted by atomic mass is 9.92. The molecule has 8 nitrogen and oxygen atoms in total. The monoisotopic (exact) mass is 435 g/mol. The quantitative estimate of drug-likeness (QED) is 0.652. The third kappa shape index (κ3) is 4.31. The Labute approximate surface area is 188 Å². The van der Waals surface area contributed by atoms with Crippen molar-refractivity contribution in [3.05, 3.63) is 65.7 Å². The minimum Gasteiger partial charge on any atom is -0.371 e. The molecule has 0 radical (unpaired) electrons. The number of nitrogens with zero attached hydrogens (tertiary/aromatic N) is 3. The lowest BCUT2D eigenvalue weighted by molar-refractivity contribution is -0.139. The first-order valence-corrected chi connectivity index (χ1v) is 10.9. The fraction of sp³-hybridized carbons (Fsp3) is 0.375. The van der Waals surface area contributed by atoms with E-state index in [1.54, 1.807) is 31.2 Å². The molecule has 2 aliphatic rings. The molecular weight excluding hydrogens is 406 g/mol. The van der Waals surface area contributed by atoms with Gasteiger partial charge >= 0.3 is 6.03 Å². The van der Waals surface area contributed by atoms with Crippen LogP contribution < -0.4 is 15.6 Å². The van der Waals surface area contributed by atoms with Gasteiger partial charge in [-0.05, 0) is 44.0 Å². The summed E-state index contributed by atoms with van der Waals surface area (Å²) >= 11 is 0. The maximum Gasteiger partial charge on any atom is 0.344 e. The highest BCUT2D eigenvalue weighted by Crippen LogP contribution is 2.28. The molecule has 0 spiro atoms. The first-order valence-electron chi connectivity index (χ1n) is 10.9. The minimum absolute atomic E-state index is 0.0491. The smallest absolute Gasteiger partial charge is 0.344 e. The number of rotatable bonds is 7. The first kappa shape index (κ1) is 21.8. The Morgan fingerprint density at radius 3 is 2.44 bits per heavy atom. The van der Waals surface area contributed by atoms with E-state index in [4.69, 9.17) is 0 Å². The van der Waals surface area contributed by atoms with Gasteiger partial charge in [0.25, 0.3) is 11.8 Å². The van der Waals surface area contributed by atoms with E-state index >= 15 is 0 Å². The van der Waals surface area contributed by atoms with Crippen LogP contribution in [0.3, 0.4) is 0 Å². The second kappa shape index (κ2) is 9.00. The van der Waals surface area contributed by atoms with Crippen LogP contribution in [0.2, 0.25) is 0 Å². The lowest BCUT2D eigenvalue weighted by Crippen LogP contribution is -2.50. The van der Waals surface area contributed by atoms with Crippen LogP contribution in [-0.2, 0) is 21.7 Å². The summed E-state index contributed by atoms with van der Waals surface area (Å²) < 4.78 is 0. The largest absolute Gasteiger partial charge is 0.371 e. The number of urea groups is 1. The second-order valence-corrected chi connectivity index (χ2v) is 8.59. The molecule has 2 fully saturated rings. The Morgan fingerprint density at radius 2 is 1.72 bits per heavy atom. The van der Waals surface area contributed by atoms with E-state index < -0.39 is 23.4 Å². The maximum atomic E-state index is 13.0. The van der Waals surface area contributed by atoms with Crippen molar-refractivity contribution in [2.75, 3.05) is 31.6 Å². The van der Waals surface area contributed by atoms with Gasteiger partial charge in [-0.15, -0.1) is 0 Å². The molecular formula is C24H29N5O3. The predicted octanol–water partition coefficient (Wildman–Crippen LogP) is 2.22. The third-order valence-electron chi connectivity index (χ3n) is 6.07. The van der Waals surface area contributed by atoms with Crippen molar-refractivity contribution >= 4 is 23.5 Å². The first-order chi connectivity index (χ1) is 15.4. The molecule has 4 amide bonds. The van der Waals surface area contributed by atoms with E-state index in [1.807, 2.05) is 30.1 Å². The number of hydrazine groups is 1. The Morgan fingerprint density at radius 1 is 1.06 bits per heavy atom. The van der Waals surface area contributed by atoms with Crippen molar-refractivity contribution in [2.24, 2.45) is 0 Å². The van der Waals surface area contributed by atoms with E-state index in [1.165, 1.54) is 18.5 Å². The van der Waals surface area contributed by atoms with E-state index in [0.29, 0.717) is 12.1 Å². The molecule has 1 atom stereocenters. The molecule has 2 N–H and O–H groups in total. The van der Waals surface area contributed by atoms with Crippen LogP contribution in [-0.4, -0.2) is 54.4 Å². The second-order valence-electron chi connectivity index (χ2n) is 8.59. The van der Waals surface area contributed by atoms with Gasteiger partial charge in [0.2, 0.25) is 0 Å². The number of amides is 4. The standard InChI is InChI=1S/C24H29N5O3/c1-24(19-11-4-3-5-12-19)22(31)29(23(32)25-24)26-21(30)17-27(2)16-18-10-6-7-13-20(18)28-14-8-9-15-28/h3-7,10-13H,8-9,14-17H2,1-2H3,(H,25,32)(H,26,30)/t24-/m1/s1. The van der Waals surface area contributed by atoms with Crippen molar-refractivity contribution in [2.45, 2.75) is 31.8 Å². The average molecular weight is 436 g/mol. The van der Waals surface area contributed by atoms with Gasteiger partial charge in [0.05, 0.1) is 6.54 Å². The van der Waals surface area contributed by atoms with Crippen molar-refractivity contribution in [3.8, 4) is 0 Å². The van der Waals surface area contributed by atoms with Crippen LogP contribution in [0.25, 0.3) is 0 Å². The van der Waals surface area contributed by atoms with Gasteiger partial charge < -0.3 is 10.2 Å². The highest BCUT2D eigenvalue weighted by Gasteiger charge is 2.49. The topological polar surface area (TPSA) is 85.0 Å². The number of carbonyl (C=O) groups is 3. The summed E-state index contributed by atoms with van der Waals surface area (Å²) in [4.78, 5) is 42.3. The Balaban J connectivity index is 1.38. The van der Waals surface area contributed by atoms with Gasteiger partial charge in [-0.2, -0.15) is 5.01 Å². The number of nitrogens with one attached hydrogen (secondary N) is 2. The Hall–Kier alpha value is -3.39. The van der Waals surface area contributed by atoms with E-state index in [9.17, 15) is 14.4 Å². The number of likely N-dealkylation sites (N-methyl/N-ethyl adjacent to an activating group) is 1. The molecule has 2 heterocycles. The number of hydrogen-bond donors (Lipinski definition) is 2. The molecule has 8 heteroatoms. The highest BCUT2D eigenvalue weighted by molar-refractivity contribution is 6.08. The summed E-state index contributed by atoms with van der Waals surface area (Å²) in [6.45, 7) is 4.37. The molecule has 0 aliphatic carbocycles. The maximum absolute atomic E-state index is 13.0. The molecule has 168 valence electrons. The zero-order valence-electron chi connectivity index (χ0n) is 18.5. The number of benzene rings is 2. The van der Waals surface area contributed by atoms with Gasteiger partial charge in [-0.25, -0.2) is 4.79 Å². The number of carbonyl (C=O) groups excluding carboxylic acids is 3. The van der Waals surface area contributed by atoms with Crippen LogP contribution in [0.4, 0.5) is 10.5 Å². The molecule has 2 aromatic rings. The Kier molecular flexibility index (Phi) is 6.14. The Bertz CT molecular complexity index is 1010. The van der Waals surface area contributed by atoms with E-state index in [-0.39, 0.29) is 6.54 Å². The van der Waals surface area contributed by atoms with Crippen LogP contribution in [0.1, 0.15) is 30.9 Å². The summed E-state index contributed by atoms with van der Waals surface area (Å²) in [5.74, 6) is -0.934. The summed E-state index contributed by atoms with van der Waals surface area (Å²) in [7, 11) is 1.85. The van der Waals surface area contributed by atoms with Crippen LogP contribution in [0, 0.1) is 0 Å². The van der Waals surface area contributed by atoms with Gasteiger partial charge in [-0.3, -0.25) is 19.9 Å². The number of para-hydroxylation sites is 1. The molecule has 2 aromatic carbocycles. The van der Waals surface area contributed by atoms with Crippen molar-refractivity contribution in [1.82, 2.24) is 20.7 Å². The molecule has 2 saturated heterocycles. The lowest BCUT2D eigenvalue weighted by Gasteiger charge is -2.25. The summed E-state index contributed by atoms with van der Waals surface area (Å²) in [6.07, 6.45) is 2.39. The normalized spacial score (nSPS) is 20.7. The minimum atomic E-state index is -1.22. The molecule has 2 aliphatic heterocycles. The van der Waals surface area contributed by atoms with Crippen molar-refractivity contribution in [3.63, 3.8) is 0 Å².